The van der Waals surface area contributed by atoms with Crippen molar-refractivity contribution in [3.63, 3.8) is 0 Å². The number of benzene rings is 1. The van der Waals surface area contributed by atoms with Gasteiger partial charge < -0.3 is 19.1 Å². The van der Waals surface area contributed by atoms with Gasteiger partial charge in [0, 0.05) is 69.5 Å². The lowest BCUT2D eigenvalue weighted by Crippen LogP contribution is -2.49. The summed E-state index contributed by atoms with van der Waals surface area (Å²) in [5.74, 6) is 0.614. The van der Waals surface area contributed by atoms with Crippen molar-refractivity contribution in [3.8, 4) is 5.75 Å². The van der Waals surface area contributed by atoms with Gasteiger partial charge in [0.1, 0.15) is 10.6 Å². The first-order valence-electron chi connectivity index (χ1n) is 11.6. The minimum absolute atomic E-state index is 0.163. The Kier molecular flexibility index (Phi) is 6.72. The van der Waals surface area contributed by atoms with Crippen LogP contribution in [0.4, 0.5) is 5.69 Å². The zero-order valence-corrected chi connectivity index (χ0v) is 20.8. The second-order valence-electron chi connectivity index (χ2n) is 8.88. The van der Waals surface area contributed by atoms with E-state index in [1.807, 2.05) is 47.7 Å². The number of nitrogens with zero attached hydrogens (tertiary/aromatic N) is 4. The van der Waals surface area contributed by atoms with E-state index in [0.717, 1.165) is 30.7 Å². The first-order valence-corrected chi connectivity index (χ1v) is 13.0. The van der Waals surface area contributed by atoms with Crippen molar-refractivity contribution in [3.05, 3.63) is 41.2 Å². The molecule has 1 aromatic carbocycles. The molecule has 1 amide bonds. The van der Waals surface area contributed by atoms with Crippen LogP contribution in [0.3, 0.4) is 0 Å². The predicted molar refractivity (Wildman–Crippen MR) is 129 cm³/mol. The molecule has 0 N–H and O–H groups in total. The Hall–Kier alpha value is -2.52. The zero-order valence-electron chi connectivity index (χ0n) is 20.0. The molecule has 2 aliphatic heterocycles. The van der Waals surface area contributed by atoms with E-state index >= 15 is 0 Å². The number of sulfonamides is 1. The first-order chi connectivity index (χ1) is 15.8. The number of anilines is 1. The lowest BCUT2D eigenvalue weighted by atomic mass is 10.1. The predicted octanol–water partition coefficient (Wildman–Crippen LogP) is 2.79. The number of piperidine rings is 1. The highest BCUT2D eigenvalue weighted by Crippen LogP contribution is 2.32. The van der Waals surface area contributed by atoms with Gasteiger partial charge >= 0.3 is 0 Å². The molecule has 0 atom stereocenters. The Labute approximate surface area is 196 Å². The summed E-state index contributed by atoms with van der Waals surface area (Å²) in [6.45, 7) is 6.88. The molecule has 0 aliphatic carbocycles. The Morgan fingerprint density at radius 3 is 2.24 bits per heavy atom. The number of amides is 1. The van der Waals surface area contributed by atoms with Crippen LogP contribution < -0.4 is 9.64 Å². The minimum Gasteiger partial charge on any atom is -0.497 e. The molecular weight excluding hydrogens is 440 g/mol. The monoisotopic (exact) mass is 474 g/mol. The SMILES string of the molecule is COc1cccc(N2CCN(S(=O)(=O)c3c(C(=O)N4CCCCC4)c(C)n(C)c3C)CC2)c1. The topological polar surface area (TPSA) is 75.1 Å². The van der Waals surface area contributed by atoms with Gasteiger partial charge in [-0.25, -0.2) is 8.42 Å². The van der Waals surface area contributed by atoms with Gasteiger partial charge in [-0.1, -0.05) is 6.07 Å². The van der Waals surface area contributed by atoms with Crippen molar-refractivity contribution in [2.45, 2.75) is 38.0 Å². The number of methoxy groups -OCH3 is 1. The molecule has 2 saturated heterocycles. The van der Waals surface area contributed by atoms with E-state index in [9.17, 15) is 13.2 Å². The van der Waals surface area contributed by atoms with E-state index < -0.39 is 10.0 Å². The van der Waals surface area contributed by atoms with E-state index in [0.29, 0.717) is 56.2 Å². The summed E-state index contributed by atoms with van der Waals surface area (Å²) in [5.41, 5.74) is 2.67. The van der Waals surface area contributed by atoms with Gasteiger partial charge in [-0.15, -0.1) is 0 Å². The van der Waals surface area contributed by atoms with Crippen molar-refractivity contribution < 1.29 is 17.9 Å². The van der Waals surface area contributed by atoms with Crippen LogP contribution in [-0.4, -0.2) is 74.5 Å². The Bertz CT molecular complexity index is 1130. The lowest BCUT2D eigenvalue weighted by molar-refractivity contribution is 0.0719. The van der Waals surface area contributed by atoms with E-state index in [4.69, 9.17) is 4.74 Å². The summed E-state index contributed by atoms with van der Waals surface area (Å²) < 4.78 is 36.3. The molecule has 2 aliphatic rings. The van der Waals surface area contributed by atoms with Gasteiger partial charge in [0.15, 0.2) is 0 Å². The van der Waals surface area contributed by atoms with Gasteiger partial charge in [0.2, 0.25) is 10.0 Å². The number of likely N-dealkylation sites (tertiary alicyclic amines) is 1. The van der Waals surface area contributed by atoms with Crippen molar-refractivity contribution in [2.24, 2.45) is 7.05 Å². The summed E-state index contributed by atoms with van der Waals surface area (Å²) >= 11 is 0. The van der Waals surface area contributed by atoms with Crippen LogP contribution in [0.1, 0.15) is 41.0 Å². The highest BCUT2D eigenvalue weighted by atomic mass is 32.2. The molecule has 3 heterocycles. The Balaban J connectivity index is 1.60. The quantitative estimate of drug-likeness (QED) is 0.666. The molecule has 0 bridgehead atoms. The number of piperazine rings is 1. The fourth-order valence-electron chi connectivity index (χ4n) is 4.86. The van der Waals surface area contributed by atoms with Crippen LogP contribution >= 0.6 is 0 Å². The number of carbonyl (C=O) groups is 1. The second kappa shape index (κ2) is 9.38. The average molecular weight is 475 g/mol. The van der Waals surface area contributed by atoms with Crippen LogP contribution in [-0.2, 0) is 17.1 Å². The second-order valence-corrected chi connectivity index (χ2v) is 10.8. The van der Waals surface area contributed by atoms with Gasteiger partial charge in [-0.3, -0.25) is 4.79 Å². The van der Waals surface area contributed by atoms with Crippen LogP contribution in [0, 0.1) is 13.8 Å². The molecule has 0 saturated carbocycles. The average Bonchev–Trinajstić information content (AvgIpc) is 3.08. The van der Waals surface area contributed by atoms with Crippen LogP contribution in [0.25, 0.3) is 0 Å². The van der Waals surface area contributed by atoms with Gasteiger partial charge in [-0.2, -0.15) is 4.31 Å². The third kappa shape index (κ3) is 4.36. The summed E-state index contributed by atoms with van der Waals surface area (Å²) in [6, 6.07) is 7.80. The number of rotatable bonds is 5. The molecule has 0 spiro atoms. The summed E-state index contributed by atoms with van der Waals surface area (Å²) in [6.07, 6.45) is 3.04. The number of hydrogen-bond donors (Lipinski definition) is 0. The van der Waals surface area contributed by atoms with Crippen LogP contribution in [0.15, 0.2) is 29.2 Å². The van der Waals surface area contributed by atoms with E-state index in [1.165, 1.54) is 4.31 Å². The zero-order chi connectivity index (χ0) is 23.8. The molecule has 2 fully saturated rings. The third-order valence-electron chi connectivity index (χ3n) is 7.04. The highest BCUT2D eigenvalue weighted by Gasteiger charge is 2.37. The molecular formula is C24H34N4O4S. The van der Waals surface area contributed by atoms with Gasteiger partial charge in [0.05, 0.1) is 12.7 Å². The summed E-state index contributed by atoms with van der Waals surface area (Å²) in [7, 11) is -0.347. The number of aromatic nitrogens is 1. The lowest BCUT2D eigenvalue weighted by Gasteiger charge is -2.35. The number of hydrogen-bond acceptors (Lipinski definition) is 5. The fraction of sp³-hybridized carbons (Fsp3) is 0.542. The maximum absolute atomic E-state index is 13.8. The van der Waals surface area contributed by atoms with Crippen molar-refractivity contribution in [1.82, 2.24) is 13.8 Å². The fourth-order valence-corrected chi connectivity index (χ4v) is 6.77. The first kappa shape index (κ1) is 23.6. The standard InChI is InChI=1S/C24H34N4O4S/c1-18-22(24(29)27-11-6-5-7-12-27)23(19(2)25(18)3)33(30,31)28-15-13-26(14-16-28)20-9-8-10-21(17-20)32-4/h8-10,17H,5-7,11-16H2,1-4H3. The summed E-state index contributed by atoms with van der Waals surface area (Å²) in [4.78, 5) is 17.6. The van der Waals surface area contributed by atoms with Crippen LogP contribution in [0.5, 0.6) is 5.75 Å². The minimum atomic E-state index is -3.81. The van der Waals surface area contributed by atoms with Crippen molar-refractivity contribution in [1.29, 1.82) is 0 Å². The molecule has 180 valence electrons. The Morgan fingerprint density at radius 2 is 1.61 bits per heavy atom. The molecule has 0 unspecified atom stereocenters. The maximum Gasteiger partial charge on any atom is 0.257 e. The molecule has 9 heteroatoms. The Morgan fingerprint density at radius 1 is 0.939 bits per heavy atom. The highest BCUT2D eigenvalue weighted by molar-refractivity contribution is 7.89. The third-order valence-corrected chi connectivity index (χ3v) is 9.10. The number of ether oxygens (including phenoxy) is 1. The van der Waals surface area contributed by atoms with E-state index in [-0.39, 0.29) is 10.8 Å². The molecule has 0 radical (unpaired) electrons. The molecule has 2 aromatic rings. The molecule has 1 aromatic heterocycles. The van der Waals surface area contributed by atoms with Crippen molar-refractivity contribution >= 4 is 21.6 Å². The molecule has 8 nitrogen and oxygen atoms in total. The maximum atomic E-state index is 13.8. The smallest absolute Gasteiger partial charge is 0.257 e. The summed E-state index contributed by atoms with van der Waals surface area (Å²) in [5, 5.41) is 0. The van der Waals surface area contributed by atoms with Gasteiger partial charge in [0.25, 0.3) is 5.91 Å². The number of carbonyl (C=O) groups excluding carboxylic acids is 1. The largest absolute Gasteiger partial charge is 0.497 e. The van der Waals surface area contributed by atoms with Crippen molar-refractivity contribution in [2.75, 3.05) is 51.3 Å². The van der Waals surface area contributed by atoms with E-state index in [1.54, 1.807) is 14.0 Å². The molecule has 33 heavy (non-hydrogen) atoms. The normalized spacial score (nSPS) is 17.9. The van der Waals surface area contributed by atoms with E-state index in [2.05, 4.69) is 4.90 Å². The van der Waals surface area contributed by atoms with Gasteiger partial charge in [-0.05, 0) is 45.2 Å². The van der Waals surface area contributed by atoms with Crippen LogP contribution in [0.2, 0.25) is 0 Å². The molecule has 4 rings (SSSR count).